The maximum absolute atomic E-state index is 12.2. The molecule has 0 atom stereocenters. The van der Waals surface area contributed by atoms with Gasteiger partial charge in [-0.05, 0) is 15.9 Å². The van der Waals surface area contributed by atoms with E-state index in [0.29, 0.717) is 0 Å². The topological polar surface area (TPSA) is 58.9 Å². The van der Waals surface area contributed by atoms with Crippen LogP contribution in [0.3, 0.4) is 0 Å². The zero-order valence-electron chi connectivity index (χ0n) is 5.77. The normalized spacial score (nSPS) is 10.7. The van der Waals surface area contributed by atoms with E-state index in [1.807, 2.05) is 0 Å². The lowest BCUT2D eigenvalue weighted by Crippen LogP contribution is -2.11. The third kappa shape index (κ3) is 1.47. The van der Waals surface area contributed by atoms with Crippen molar-refractivity contribution in [3.8, 4) is 0 Å². The van der Waals surface area contributed by atoms with Gasteiger partial charge in [-0.15, -0.1) is 0 Å². The first kappa shape index (κ1) is 9.18. The monoisotopic (exact) mass is 238 g/mol. The smallest absolute Gasteiger partial charge is 0.267 e. The average Bonchev–Trinajstić information content (AvgIpc) is 1.97. The molecule has 0 bridgehead atoms. The van der Waals surface area contributed by atoms with Crippen molar-refractivity contribution in [1.29, 1.82) is 0 Å². The second-order valence-corrected chi connectivity index (χ2v) is 2.89. The minimum absolute atomic E-state index is 0.128. The fraction of sp³-hybridized carbons (Fsp3) is 0.167. The van der Waals surface area contributed by atoms with E-state index < -0.39 is 17.5 Å². The molecule has 1 aromatic rings. The fourth-order valence-corrected chi connectivity index (χ4v) is 1.27. The maximum atomic E-state index is 12.2. The number of anilines is 1. The molecule has 0 spiro atoms. The summed E-state index contributed by atoms with van der Waals surface area (Å²) in [7, 11) is 0. The standard InChI is InChI=1S/C6H5BrF2N2O/c7-4-3(5(8)9)2(10)1-11-6(4)12/h1,5H,10H2,(H,11,12). The minimum Gasteiger partial charge on any atom is -0.397 e. The van der Waals surface area contributed by atoms with Gasteiger partial charge in [-0.25, -0.2) is 8.78 Å². The minimum atomic E-state index is -2.75. The molecule has 0 saturated carbocycles. The van der Waals surface area contributed by atoms with Gasteiger partial charge in [-0.1, -0.05) is 0 Å². The van der Waals surface area contributed by atoms with Crippen LogP contribution in [0.15, 0.2) is 15.5 Å². The van der Waals surface area contributed by atoms with Gasteiger partial charge in [0, 0.05) is 6.20 Å². The van der Waals surface area contributed by atoms with Crippen LogP contribution in [0.5, 0.6) is 0 Å². The molecule has 0 aliphatic heterocycles. The van der Waals surface area contributed by atoms with Crippen LogP contribution < -0.4 is 11.3 Å². The molecular formula is C6H5BrF2N2O. The summed E-state index contributed by atoms with van der Waals surface area (Å²) in [5, 5.41) is 0. The first-order chi connectivity index (χ1) is 5.54. The second kappa shape index (κ2) is 3.22. The van der Waals surface area contributed by atoms with Crippen LogP contribution in [0.25, 0.3) is 0 Å². The van der Waals surface area contributed by atoms with Crippen LogP contribution >= 0.6 is 15.9 Å². The summed E-state index contributed by atoms with van der Waals surface area (Å²) in [5.41, 5.74) is 4.01. The Balaban J connectivity index is 3.43. The Kier molecular flexibility index (Phi) is 2.46. The van der Waals surface area contributed by atoms with Gasteiger partial charge in [0.15, 0.2) is 0 Å². The lowest BCUT2D eigenvalue weighted by atomic mass is 10.2. The zero-order valence-corrected chi connectivity index (χ0v) is 7.36. The SMILES string of the molecule is Nc1c[nH]c(=O)c(Br)c1C(F)F. The van der Waals surface area contributed by atoms with E-state index in [4.69, 9.17) is 5.73 Å². The van der Waals surface area contributed by atoms with Crippen LogP contribution in [-0.2, 0) is 0 Å². The quantitative estimate of drug-likeness (QED) is 0.782. The Morgan fingerprint density at radius 2 is 2.17 bits per heavy atom. The van der Waals surface area contributed by atoms with Crippen molar-refractivity contribution in [3.63, 3.8) is 0 Å². The Labute approximate surface area is 74.7 Å². The van der Waals surface area contributed by atoms with Gasteiger partial charge in [-0.2, -0.15) is 0 Å². The Morgan fingerprint density at radius 3 is 2.58 bits per heavy atom. The third-order valence-corrected chi connectivity index (χ3v) is 2.11. The molecule has 1 rings (SSSR count). The van der Waals surface area contributed by atoms with Gasteiger partial charge < -0.3 is 10.7 Å². The Morgan fingerprint density at radius 1 is 1.58 bits per heavy atom. The number of aromatic nitrogens is 1. The highest BCUT2D eigenvalue weighted by atomic mass is 79.9. The lowest BCUT2D eigenvalue weighted by Gasteiger charge is -2.04. The summed E-state index contributed by atoms with van der Waals surface area (Å²) in [5.74, 6) is 0. The number of nitrogens with one attached hydrogen (secondary N) is 1. The van der Waals surface area contributed by atoms with Gasteiger partial charge in [0.25, 0.3) is 12.0 Å². The number of aromatic amines is 1. The van der Waals surface area contributed by atoms with Gasteiger partial charge in [0.1, 0.15) is 0 Å². The molecule has 3 nitrogen and oxygen atoms in total. The molecule has 66 valence electrons. The van der Waals surface area contributed by atoms with Crippen molar-refractivity contribution in [1.82, 2.24) is 4.98 Å². The Hall–Kier alpha value is -0.910. The molecule has 3 N–H and O–H groups in total. The number of hydrogen-bond donors (Lipinski definition) is 2. The number of pyridine rings is 1. The Bertz CT molecular complexity index is 350. The molecular weight excluding hydrogens is 234 g/mol. The second-order valence-electron chi connectivity index (χ2n) is 2.10. The highest BCUT2D eigenvalue weighted by Crippen LogP contribution is 2.28. The van der Waals surface area contributed by atoms with Gasteiger partial charge in [0.2, 0.25) is 0 Å². The molecule has 0 aliphatic carbocycles. The van der Waals surface area contributed by atoms with E-state index in [0.717, 1.165) is 6.20 Å². The number of rotatable bonds is 1. The molecule has 1 heterocycles. The van der Waals surface area contributed by atoms with Crippen LogP contribution in [-0.4, -0.2) is 4.98 Å². The largest absolute Gasteiger partial charge is 0.397 e. The summed E-state index contributed by atoms with van der Waals surface area (Å²) in [6.45, 7) is 0. The van der Waals surface area contributed by atoms with Crippen LogP contribution in [0, 0.1) is 0 Å². The molecule has 0 saturated heterocycles. The number of halogens is 3. The number of nitrogens with two attached hydrogens (primary N) is 1. The van der Waals surface area contributed by atoms with Crippen LogP contribution in [0.4, 0.5) is 14.5 Å². The van der Waals surface area contributed by atoms with Crippen molar-refractivity contribution in [3.05, 3.63) is 26.6 Å². The predicted octanol–water partition coefficient (Wildman–Crippen LogP) is 1.66. The van der Waals surface area contributed by atoms with E-state index in [9.17, 15) is 13.6 Å². The van der Waals surface area contributed by atoms with Crippen molar-refractivity contribution in [2.45, 2.75) is 6.43 Å². The molecule has 0 radical (unpaired) electrons. The average molecular weight is 239 g/mol. The van der Waals surface area contributed by atoms with E-state index in [-0.39, 0.29) is 10.2 Å². The molecule has 0 aliphatic rings. The van der Waals surface area contributed by atoms with E-state index in [1.54, 1.807) is 0 Å². The predicted molar refractivity (Wildman–Crippen MR) is 44.1 cm³/mol. The summed E-state index contributed by atoms with van der Waals surface area (Å²) in [4.78, 5) is 13.0. The number of nitrogen functional groups attached to an aromatic ring is 1. The molecule has 0 unspecified atom stereocenters. The summed E-state index contributed by atoms with van der Waals surface area (Å²) in [6, 6.07) is 0. The molecule has 1 aromatic heterocycles. The number of H-pyrrole nitrogens is 1. The van der Waals surface area contributed by atoms with Crippen molar-refractivity contribution >= 4 is 21.6 Å². The van der Waals surface area contributed by atoms with Gasteiger partial charge in [-0.3, -0.25) is 4.79 Å². The highest BCUT2D eigenvalue weighted by Gasteiger charge is 2.17. The summed E-state index contributed by atoms with van der Waals surface area (Å²) < 4.78 is 24.2. The number of hydrogen-bond acceptors (Lipinski definition) is 2. The van der Waals surface area contributed by atoms with Crippen LogP contribution in [0.2, 0.25) is 0 Å². The van der Waals surface area contributed by atoms with Gasteiger partial charge >= 0.3 is 0 Å². The van der Waals surface area contributed by atoms with E-state index in [2.05, 4.69) is 20.9 Å². The summed E-state index contributed by atoms with van der Waals surface area (Å²) in [6.07, 6.45) is -1.70. The maximum Gasteiger partial charge on any atom is 0.267 e. The van der Waals surface area contributed by atoms with Crippen molar-refractivity contribution in [2.24, 2.45) is 0 Å². The van der Waals surface area contributed by atoms with E-state index >= 15 is 0 Å². The first-order valence-corrected chi connectivity index (χ1v) is 3.78. The summed E-state index contributed by atoms with van der Waals surface area (Å²) >= 11 is 2.73. The molecule has 6 heteroatoms. The van der Waals surface area contributed by atoms with Crippen molar-refractivity contribution in [2.75, 3.05) is 5.73 Å². The number of alkyl halides is 2. The zero-order chi connectivity index (χ0) is 9.30. The first-order valence-electron chi connectivity index (χ1n) is 2.98. The molecule has 0 fully saturated rings. The molecule has 0 aromatic carbocycles. The highest BCUT2D eigenvalue weighted by molar-refractivity contribution is 9.10. The molecule has 12 heavy (non-hydrogen) atoms. The van der Waals surface area contributed by atoms with E-state index in [1.165, 1.54) is 0 Å². The molecule has 0 amide bonds. The van der Waals surface area contributed by atoms with Gasteiger partial charge in [0.05, 0.1) is 15.7 Å². The van der Waals surface area contributed by atoms with Crippen molar-refractivity contribution < 1.29 is 8.78 Å². The third-order valence-electron chi connectivity index (χ3n) is 1.32. The van der Waals surface area contributed by atoms with Crippen LogP contribution in [0.1, 0.15) is 12.0 Å². The lowest BCUT2D eigenvalue weighted by molar-refractivity contribution is 0.151. The fourth-order valence-electron chi connectivity index (χ4n) is 0.755.